The number of hydrogen-bond donors (Lipinski definition) is 2. The molecule has 0 bridgehead atoms. The summed E-state index contributed by atoms with van der Waals surface area (Å²) in [6.07, 6.45) is -4.95. The highest BCUT2D eigenvalue weighted by Crippen LogP contribution is 2.42. The minimum Gasteiger partial charge on any atom is -0.478 e. The second-order valence-electron chi connectivity index (χ2n) is 4.81. The van der Waals surface area contributed by atoms with Gasteiger partial charge in [-0.1, -0.05) is 0 Å². The molecule has 2 aromatic carbocycles. The third-order valence-corrected chi connectivity index (χ3v) is 3.36. The minimum absolute atomic E-state index is 0.247. The summed E-state index contributed by atoms with van der Waals surface area (Å²) in [6.45, 7) is 1.15. The van der Waals surface area contributed by atoms with Crippen molar-refractivity contribution in [2.75, 3.05) is 5.73 Å². The molecule has 8 heteroatoms. The van der Waals surface area contributed by atoms with E-state index >= 15 is 0 Å². The maximum absolute atomic E-state index is 13.9. The van der Waals surface area contributed by atoms with Crippen molar-refractivity contribution in [1.82, 2.24) is 0 Å². The average molecular weight is 331 g/mol. The summed E-state index contributed by atoms with van der Waals surface area (Å²) in [6, 6.07) is 2.44. The van der Waals surface area contributed by atoms with Crippen molar-refractivity contribution in [3.8, 4) is 11.1 Å². The van der Waals surface area contributed by atoms with E-state index in [1.54, 1.807) is 0 Å². The van der Waals surface area contributed by atoms with E-state index in [2.05, 4.69) is 0 Å². The van der Waals surface area contributed by atoms with Crippen molar-refractivity contribution in [3.05, 3.63) is 52.6 Å². The predicted octanol–water partition coefficient (Wildman–Crippen LogP) is 4.24. The number of rotatable bonds is 2. The van der Waals surface area contributed by atoms with E-state index in [1.165, 1.54) is 0 Å². The molecule has 0 amide bonds. The average Bonchev–Trinajstić information content (AvgIpc) is 2.40. The normalized spacial score (nSPS) is 11.6. The van der Waals surface area contributed by atoms with Crippen LogP contribution in [0.4, 0.5) is 27.6 Å². The van der Waals surface area contributed by atoms with Gasteiger partial charge in [-0.25, -0.2) is 13.6 Å². The van der Waals surface area contributed by atoms with Crippen LogP contribution in [0, 0.1) is 18.6 Å². The minimum atomic E-state index is -4.95. The second kappa shape index (κ2) is 5.53. The quantitative estimate of drug-likeness (QED) is 0.639. The predicted molar refractivity (Wildman–Crippen MR) is 72.9 cm³/mol. The van der Waals surface area contributed by atoms with Gasteiger partial charge in [-0.15, -0.1) is 0 Å². The number of carboxylic acids is 1. The van der Waals surface area contributed by atoms with Gasteiger partial charge in [0.05, 0.1) is 11.1 Å². The van der Waals surface area contributed by atoms with Crippen LogP contribution < -0.4 is 5.73 Å². The fourth-order valence-electron chi connectivity index (χ4n) is 2.27. The summed E-state index contributed by atoms with van der Waals surface area (Å²) < 4.78 is 66.7. The highest BCUT2D eigenvalue weighted by atomic mass is 19.4. The Labute approximate surface area is 127 Å². The van der Waals surface area contributed by atoms with Crippen molar-refractivity contribution in [1.29, 1.82) is 0 Å². The van der Waals surface area contributed by atoms with E-state index in [0.717, 1.165) is 19.1 Å². The van der Waals surface area contributed by atoms with Gasteiger partial charge in [0, 0.05) is 22.9 Å². The van der Waals surface area contributed by atoms with E-state index in [1.807, 2.05) is 0 Å². The van der Waals surface area contributed by atoms with Crippen LogP contribution in [-0.2, 0) is 6.18 Å². The number of aromatic carboxylic acids is 1. The second-order valence-corrected chi connectivity index (χ2v) is 4.81. The number of hydrogen-bond acceptors (Lipinski definition) is 2. The molecule has 23 heavy (non-hydrogen) atoms. The summed E-state index contributed by atoms with van der Waals surface area (Å²) in [4.78, 5) is 11.0. The fourth-order valence-corrected chi connectivity index (χ4v) is 2.27. The van der Waals surface area contributed by atoms with Gasteiger partial charge in [0.25, 0.3) is 0 Å². The molecule has 0 aliphatic carbocycles. The number of nitrogens with two attached hydrogens (primary N) is 1. The van der Waals surface area contributed by atoms with Crippen LogP contribution >= 0.6 is 0 Å². The lowest BCUT2D eigenvalue weighted by Crippen LogP contribution is -2.14. The first-order chi connectivity index (χ1) is 10.5. The fraction of sp³-hybridized carbons (Fsp3) is 0.133. The molecule has 2 rings (SSSR count). The maximum Gasteiger partial charge on any atom is 0.417 e. The number of benzene rings is 2. The Morgan fingerprint density at radius 1 is 1.17 bits per heavy atom. The topological polar surface area (TPSA) is 63.3 Å². The summed E-state index contributed by atoms with van der Waals surface area (Å²) in [5, 5.41) is 8.96. The van der Waals surface area contributed by atoms with E-state index in [4.69, 9.17) is 10.8 Å². The lowest BCUT2D eigenvalue weighted by atomic mass is 9.90. The molecule has 0 unspecified atom stereocenters. The number of carboxylic acid groups (broad SMARTS) is 1. The Hall–Kier alpha value is -2.64. The zero-order valence-electron chi connectivity index (χ0n) is 11.6. The first-order valence-corrected chi connectivity index (χ1v) is 6.23. The van der Waals surface area contributed by atoms with Crippen molar-refractivity contribution in [2.24, 2.45) is 0 Å². The lowest BCUT2D eigenvalue weighted by molar-refractivity contribution is -0.137. The standard InChI is InChI=1S/C15H10F5NO2/c1-6-12(8-3-2-7(16)4-11(8)17)10(15(18,19)20)5-9(13(6)21)14(22)23/h2-5H,21H2,1H3,(H,22,23). The van der Waals surface area contributed by atoms with Gasteiger partial charge in [-0.3, -0.25) is 0 Å². The molecule has 0 fully saturated rings. The molecule has 2 aromatic rings. The van der Waals surface area contributed by atoms with Gasteiger partial charge in [-0.05, 0) is 30.7 Å². The first-order valence-electron chi connectivity index (χ1n) is 6.23. The number of halogens is 5. The molecule has 0 radical (unpaired) electrons. The maximum atomic E-state index is 13.9. The zero-order chi connectivity index (χ0) is 17.5. The van der Waals surface area contributed by atoms with E-state index in [0.29, 0.717) is 12.1 Å². The van der Waals surface area contributed by atoms with Crippen LogP contribution in [0.3, 0.4) is 0 Å². The molecule has 0 heterocycles. The van der Waals surface area contributed by atoms with Crippen molar-refractivity contribution in [3.63, 3.8) is 0 Å². The number of nitrogen functional groups attached to an aromatic ring is 1. The molecule has 0 aliphatic heterocycles. The van der Waals surface area contributed by atoms with Crippen molar-refractivity contribution < 1.29 is 31.9 Å². The summed E-state index contributed by atoms with van der Waals surface area (Å²) in [5.74, 6) is -3.80. The van der Waals surface area contributed by atoms with Crippen LogP contribution in [0.25, 0.3) is 11.1 Å². The highest BCUT2D eigenvalue weighted by Gasteiger charge is 2.37. The Balaban J connectivity index is 2.92. The molecule has 0 saturated heterocycles. The van der Waals surface area contributed by atoms with Gasteiger partial charge in [0.1, 0.15) is 11.6 Å². The van der Waals surface area contributed by atoms with E-state index in [-0.39, 0.29) is 5.56 Å². The highest BCUT2D eigenvalue weighted by molar-refractivity contribution is 5.97. The first kappa shape index (κ1) is 16.7. The molecule has 3 N–H and O–H groups in total. The zero-order valence-corrected chi connectivity index (χ0v) is 11.6. The largest absolute Gasteiger partial charge is 0.478 e. The number of carbonyl (C=O) groups is 1. The Kier molecular flexibility index (Phi) is 4.02. The lowest BCUT2D eigenvalue weighted by Gasteiger charge is -2.19. The molecule has 0 aliphatic rings. The Morgan fingerprint density at radius 3 is 2.26 bits per heavy atom. The van der Waals surface area contributed by atoms with Gasteiger partial charge < -0.3 is 10.8 Å². The van der Waals surface area contributed by atoms with Crippen molar-refractivity contribution >= 4 is 11.7 Å². The molecule has 0 spiro atoms. The Morgan fingerprint density at radius 2 is 1.78 bits per heavy atom. The van der Waals surface area contributed by atoms with Gasteiger partial charge >= 0.3 is 12.1 Å². The monoisotopic (exact) mass is 331 g/mol. The van der Waals surface area contributed by atoms with Crippen LogP contribution in [0.15, 0.2) is 24.3 Å². The smallest absolute Gasteiger partial charge is 0.417 e. The van der Waals surface area contributed by atoms with Gasteiger partial charge in [0.2, 0.25) is 0 Å². The molecular formula is C15H10F5NO2. The molecular weight excluding hydrogens is 321 g/mol. The summed E-state index contributed by atoms with van der Waals surface area (Å²) in [5.41, 5.74) is 1.69. The third-order valence-electron chi connectivity index (χ3n) is 3.36. The van der Waals surface area contributed by atoms with Crippen molar-refractivity contribution in [2.45, 2.75) is 13.1 Å². The molecule has 0 atom stereocenters. The SMILES string of the molecule is Cc1c(N)c(C(=O)O)cc(C(F)(F)F)c1-c1ccc(F)cc1F. The molecule has 0 saturated carbocycles. The van der Waals surface area contributed by atoms with Gasteiger partial charge in [-0.2, -0.15) is 13.2 Å². The number of alkyl halides is 3. The van der Waals surface area contributed by atoms with Crippen LogP contribution in [0.5, 0.6) is 0 Å². The van der Waals surface area contributed by atoms with Crippen LogP contribution in [-0.4, -0.2) is 11.1 Å². The molecule has 0 aromatic heterocycles. The van der Waals surface area contributed by atoms with Crippen LogP contribution in [0.1, 0.15) is 21.5 Å². The number of anilines is 1. The van der Waals surface area contributed by atoms with E-state index < -0.39 is 51.7 Å². The summed E-state index contributed by atoms with van der Waals surface area (Å²) in [7, 11) is 0. The molecule has 3 nitrogen and oxygen atoms in total. The van der Waals surface area contributed by atoms with Gasteiger partial charge in [0.15, 0.2) is 0 Å². The van der Waals surface area contributed by atoms with E-state index in [9.17, 15) is 26.7 Å². The third kappa shape index (κ3) is 2.96. The molecule has 122 valence electrons. The Bertz CT molecular complexity index is 799. The van der Waals surface area contributed by atoms with Crippen LogP contribution in [0.2, 0.25) is 0 Å². The summed E-state index contributed by atoms with van der Waals surface area (Å²) >= 11 is 0.